The van der Waals surface area contributed by atoms with Gasteiger partial charge in [0.2, 0.25) is 0 Å². The zero-order valence-electron chi connectivity index (χ0n) is 12.6. The van der Waals surface area contributed by atoms with Crippen LogP contribution >= 0.6 is 0 Å². The second-order valence-electron chi connectivity index (χ2n) is 5.22. The monoisotopic (exact) mass is 272 g/mol. The molecule has 0 atom stereocenters. The molecule has 0 unspecified atom stereocenters. The van der Waals surface area contributed by atoms with E-state index in [2.05, 4.69) is 54.5 Å². The van der Waals surface area contributed by atoms with Crippen molar-refractivity contribution in [1.29, 1.82) is 0 Å². The first-order valence-electron chi connectivity index (χ1n) is 7.19. The van der Waals surface area contributed by atoms with Gasteiger partial charge in [0, 0.05) is 25.2 Å². The van der Waals surface area contributed by atoms with Crippen LogP contribution < -0.4 is 5.32 Å². The van der Waals surface area contributed by atoms with Gasteiger partial charge in [0.1, 0.15) is 5.76 Å². The lowest BCUT2D eigenvalue weighted by molar-refractivity contribution is 0.315. The Labute approximate surface area is 121 Å². The van der Waals surface area contributed by atoms with Crippen LogP contribution in [-0.2, 0) is 19.6 Å². The number of hydrogen-bond donors (Lipinski definition) is 1. The van der Waals surface area contributed by atoms with Gasteiger partial charge in [-0.05, 0) is 37.7 Å². The molecule has 1 aromatic heterocycles. The second-order valence-corrected chi connectivity index (χ2v) is 5.22. The maximum absolute atomic E-state index is 5.36. The Hall–Kier alpha value is -1.58. The first kappa shape index (κ1) is 14.8. The zero-order valence-corrected chi connectivity index (χ0v) is 12.6. The Kier molecular flexibility index (Phi) is 5.39. The normalized spacial score (nSPS) is 11.2. The molecule has 1 N–H and O–H groups in total. The van der Waals surface area contributed by atoms with E-state index in [0.717, 1.165) is 31.9 Å². The van der Waals surface area contributed by atoms with Crippen molar-refractivity contribution in [1.82, 2.24) is 10.2 Å². The molecule has 0 aliphatic carbocycles. The van der Waals surface area contributed by atoms with Crippen LogP contribution in [0.25, 0.3) is 0 Å². The summed E-state index contributed by atoms with van der Waals surface area (Å²) in [7, 11) is 2.15. The summed E-state index contributed by atoms with van der Waals surface area (Å²) in [5.74, 6) is 1.01. The summed E-state index contributed by atoms with van der Waals surface area (Å²) in [5.41, 5.74) is 4.03. The maximum Gasteiger partial charge on any atom is 0.105 e. The third-order valence-electron chi connectivity index (χ3n) is 3.53. The third-order valence-corrected chi connectivity index (χ3v) is 3.53. The van der Waals surface area contributed by atoms with Crippen molar-refractivity contribution in [2.24, 2.45) is 0 Å². The molecule has 0 amide bonds. The van der Waals surface area contributed by atoms with Crippen molar-refractivity contribution < 1.29 is 4.42 Å². The molecule has 20 heavy (non-hydrogen) atoms. The summed E-state index contributed by atoms with van der Waals surface area (Å²) in [6.07, 6.45) is 1.76. The molecular formula is C17H24N2O. The van der Waals surface area contributed by atoms with E-state index in [1.165, 1.54) is 16.7 Å². The number of benzene rings is 1. The van der Waals surface area contributed by atoms with Crippen LogP contribution in [0, 0.1) is 6.92 Å². The zero-order chi connectivity index (χ0) is 14.4. The average molecular weight is 272 g/mol. The van der Waals surface area contributed by atoms with Crippen molar-refractivity contribution in [2.75, 3.05) is 13.6 Å². The summed E-state index contributed by atoms with van der Waals surface area (Å²) >= 11 is 0. The van der Waals surface area contributed by atoms with E-state index in [1.54, 1.807) is 6.26 Å². The van der Waals surface area contributed by atoms with Gasteiger partial charge >= 0.3 is 0 Å². The van der Waals surface area contributed by atoms with Gasteiger partial charge in [-0.1, -0.05) is 31.2 Å². The van der Waals surface area contributed by atoms with Crippen molar-refractivity contribution in [3.05, 3.63) is 59.0 Å². The van der Waals surface area contributed by atoms with Crippen molar-refractivity contribution in [3.8, 4) is 0 Å². The molecule has 3 heteroatoms. The van der Waals surface area contributed by atoms with Crippen LogP contribution in [0.4, 0.5) is 0 Å². The number of furan rings is 1. The van der Waals surface area contributed by atoms with Gasteiger partial charge in [0.15, 0.2) is 0 Å². The summed E-state index contributed by atoms with van der Waals surface area (Å²) in [4.78, 5) is 2.32. The lowest BCUT2D eigenvalue weighted by Gasteiger charge is -2.18. The van der Waals surface area contributed by atoms with E-state index >= 15 is 0 Å². The minimum absolute atomic E-state index is 0.915. The lowest BCUT2D eigenvalue weighted by atomic mass is 10.1. The highest BCUT2D eigenvalue weighted by atomic mass is 16.3. The Morgan fingerprint density at radius 3 is 2.40 bits per heavy atom. The van der Waals surface area contributed by atoms with Gasteiger partial charge < -0.3 is 9.73 Å². The van der Waals surface area contributed by atoms with Gasteiger partial charge in [-0.3, -0.25) is 4.90 Å². The molecule has 0 fully saturated rings. The number of nitrogens with zero attached hydrogens (tertiary/aromatic N) is 1. The fourth-order valence-corrected chi connectivity index (χ4v) is 2.36. The van der Waals surface area contributed by atoms with Gasteiger partial charge in [-0.25, -0.2) is 0 Å². The minimum atomic E-state index is 0.915. The summed E-state index contributed by atoms with van der Waals surface area (Å²) < 4.78 is 5.36. The molecule has 0 saturated carbocycles. The van der Waals surface area contributed by atoms with E-state index in [1.807, 2.05) is 6.92 Å². The molecule has 2 rings (SSSR count). The molecule has 108 valence electrons. The SMILES string of the molecule is CCNCc1ccccc1CN(C)Cc1ccoc1C. The summed E-state index contributed by atoms with van der Waals surface area (Å²) in [6, 6.07) is 10.7. The molecule has 0 aliphatic rings. The smallest absolute Gasteiger partial charge is 0.105 e. The van der Waals surface area contributed by atoms with E-state index < -0.39 is 0 Å². The third kappa shape index (κ3) is 3.95. The fourth-order valence-electron chi connectivity index (χ4n) is 2.36. The highest BCUT2D eigenvalue weighted by molar-refractivity contribution is 5.27. The molecular weight excluding hydrogens is 248 g/mol. The van der Waals surface area contributed by atoms with Crippen LogP contribution in [0.5, 0.6) is 0 Å². The largest absolute Gasteiger partial charge is 0.469 e. The molecule has 1 heterocycles. The number of hydrogen-bond acceptors (Lipinski definition) is 3. The second kappa shape index (κ2) is 7.27. The van der Waals surface area contributed by atoms with Crippen molar-refractivity contribution >= 4 is 0 Å². The summed E-state index contributed by atoms with van der Waals surface area (Å²) in [6.45, 7) is 7.95. The quantitative estimate of drug-likeness (QED) is 0.838. The molecule has 0 aliphatic heterocycles. The minimum Gasteiger partial charge on any atom is -0.469 e. The van der Waals surface area contributed by atoms with Gasteiger partial charge in [0.25, 0.3) is 0 Å². The molecule has 1 aromatic carbocycles. The topological polar surface area (TPSA) is 28.4 Å². The summed E-state index contributed by atoms with van der Waals surface area (Å²) in [5, 5.41) is 3.40. The Balaban J connectivity index is 2.00. The average Bonchev–Trinajstić information content (AvgIpc) is 2.83. The Morgan fingerprint density at radius 2 is 1.75 bits per heavy atom. The maximum atomic E-state index is 5.36. The van der Waals surface area contributed by atoms with Gasteiger partial charge in [-0.15, -0.1) is 0 Å². The van der Waals surface area contributed by atoms with E-state index in [-0.39, 0.29) is 0 Å². The van der Waals surface area contributed by atoms with Crippen LogP contribution in [0.15, 0.2) is 41.0 Å². The Morgan fingerprint density at radius 1 is 1.05 bits per heavy atom. The predicted molar refractivity (Wildman–Crippen MR) is 82.4 cm³/mol. The first-order chi connectivity index (χ1) is 9.70. The van der Waals surface area contributed by atoms with E-state index in [0.29, 0.717) is 0 Å². The Bertz CT molecular complexity index is 533. The van der Waals surface area contributed by atoms with Crippen LogP contribution in [0.2, 0.25) is 0 Å². The van der Waals surface area contributed by atoms with Gasteiger partial charge in [0.05, 0.1) is 6.26 Å². The van der Waals surface area contributed by atoms with Crippen LogP contribution in [-0.4, -0.2) is 18.5 Å². The van der Waals surface area contributed by atoms with E-state index in [9.17, 15) is 0 Å². The predicted octanol–water partition coefficient (Wildman–Crippen LogP) is 3.33. The van der Waals surface area contributed by atoms with Crippen molar-refractivity contribution in [3.63, 3.8) is 0 Å². The standard InChI is InChI=1S/C17H24N2O/c1-4-18-11-15-7-5-6-8-17(15)13-19(3)12-16-9-10-20-14(16)2/h5-10,18H,4,11-13H2,1-3H3. The number of rotatable bonds is 7. The molecule has 0 saturated heterocycles. The number of nitrogens with one attached hydrogen (secondary N) is 1. The number of aryl methyl sites for hydroxylation is 1. The molecule has 0 spiro atoms. The van der Waals surface area contributed by atoms with Crippen LogP contribution in [0.3, 0.4) is 0 Å². The van der Waals surface area contributed by atoms with Gasteiger partial charge in [-0.2, -0.15) is 0 Å². The lowest BCUT2D eigenvalue weighted by Crippen LogP contribution is -2.20. The molecule has 2 aromatic rings. The van der Waals surface area contributed by atoms with Crippen molar-refractivity contribution in [2.45, 2.75) is 33.5 Å². The molecule has 0 bridgehead atoms. The van der Waals surface area contributed by atoms with Crippen LogP contribution in [0.1, 0.15) is 29.4 Å². The van der Waals surface area contributed by atoms with E-state index in [4.69, 9.17) is 4.42 Å². The molecule has 3 nitrogen and oxygen atoms in total. The molecule has 0 radical (unpaired) electrons. The fraction of sp³-hybridized carbons (Fsp3) is 0.412. The first-order valence-corrected chi connectivity index (χ1v) is 7.19. The highest BCUT2D eigenvalue weighted by Crippen LogP contribution is 2.15. The highest BCUT2D eigenvalue weighted by Gasteiger charge is 2.08.